The Morgan fingerprint density at radius 3 is 2.59 bits per heavy atom. The number of carbonyl (C=O) groups excluding carboxylic acids is 2. The normalized spacial score (nSPS) is 20.7. The molecule has 1 saturated carbocycles. The zero-order valence-corrected chi connectivity index (χ0v) is 18.6. The molecule has 0 saturated heterocycles. The van der Waals surface area contributed by atoms with Crippen LogP contribution in [0.4, 0.5) is 4.79 Å². The molecule has 1 amide bonds. The summed E-state index contributed by atoms with van der Waals surface area (Å²) in [6, 6.07) is 0.516. The number of nitrogens with zero attached hydrogens (tertiary/aromatic N) is 2. The molecule has 7 heteroatoms. The largest absolute Gasteiger partial charge is 0.469 e. The van der Waals surface area contributed by atoms with Gasteiger partial charge in [-0.3, -0.25) is 4.79 Å². The number of alkyl carbamates (subject to hydrolysis) is 1. The predicted octanol–water partition coefficient (Wildman–Crippen LogP) is 4.27. The van der Waals surface area contributed by atoms with Gasteiger partial charge in [0.2, 0.25) is 0 Å². The number of methoxy groups -OCH3 is 1. The van der Waals surface area contributed by atoms with E-state index in [1.165, 1.54) is 32.8 Å². The Bertz CT molecular complexity index is 657. The number of esters is 1. The Labute approximate surface area is 174 Å². The fraction of sp³-hybridized carbons (Fsp3) is 0.773. The highest BCUT2D eigenvalue weighted by atomic mass is 16.6. The Kier molecular flexibility index (Phi) is 8.53. The van der Waals surface area contributed by atoms with Gasteiger partial charge in [0.15, 0.2) is 0 Å². The van der Waals surface area contributed by atoms with E-state index in [0.717, 1.165) is 11.6 Å². The van der Waals surface area contributed by atoms with Crippen molar-refractivity contribution >= 4 is 12.1 Å². The highest BCUT2D eigenvalue weighted by molar-refractivity contribution is 5.72. The zero-order valence-electron chi connectivity index (χ0n) is 18.6. The Hall–Kier alpha value is -2.05. The van der Waals surface area contributed by atoms with Crippen molar-refractivity contribution in [2.45, 2.75) is 84.3 Å². The van der Waals surface area contributed by atoms with Gasteiger partial charge >= 0.3 is 12.1 Å². The lowest BCUT2D eigenvalue weighted by molar-refractivity contribution is -0.145. The number of amides is 1. The lowest BCUT2D eigenvalue weighted by atomic mass is 9.87. The number of hydrogen-bond donors (Lipinski definition) is 1. The second kappa shape index (κ2) is 10.6. The molecule has 1 fully saturated rings. The van der Waals surface area contributed by atoms with Crippen molar-refractivity contribution < 1.29 is 19.1 Å². The summed E-state index contributed by atoms with van der Waals surface area (Å²) >= 11 is 0. The second-order valence-corrected chi connectivity index (χ2v) is 9.22. The molecule has 0 bridgehead atoms. The van der Waals surface area contributed by atoms with Crippen LogP contribution in [0.2, 0.25) is 0 Å². The smallest absolute Gasteiger partial charge is 0.407 e. The van der Waals surface area contributed by atoms with Crippen molar-refractivity contribution in [3.8, 4) is 0 Å². The molecule has 0 aromatic carbocycles. The summed E-state index contributed by atoms with van der Waals surface area (Å²) in [6.07, 6.45) is 10.3. The Morgan fingerprint density at radius 1 is 1.28 bits per heavy atom. The first kappa shape index (κ1) is 23.2. The topological polar surface area (TPSA) is 82.5 Å². The van der Waals surface area contributed by atoms with E-state index in [9.17, 15) is 9.59 Å². The van der Waals surface area contributed by atoms with Crippen molar-refractivity contribution in [3.63, 3.8) is 0 Å². The maximum atomic E-state index is 12.2. The molecule has 1 aliphatic rings. The molecular formula is C22H37N3O4. The third kappa shape index (κ3) is 8.07. The van der Waals surface area contributed by atoms with Gasteiger partial charge in [-0.05, 0) is 65.2 Å². The van der Waals surface area contributed by atoms with Crippen molar-refractivity contribution in [1.82, 2.24) is 14.9 Å². The fourth-order valence-corrected chi connectivity index (χ4v) is 3.80. The summed E-state index contributed by atoms with van der Waals surface area (Å²) < 4.78 is 12.4. The van der Waals surface area contributed by atoms with E-state index in [0.29, 0.717) is 31.8 Å². The quantitative estimate of drug-likeness (QED) is 0.514. The number of rotatable bonds is 8. The zero-order chi connectivity index (χ0) is 21.4. The van der Waals surface area contributed by atoms with Crippen molar-refractivity contribution in [3.05, 3.63) is 18.2 Å². The van der Waals surface area contributed by atoms with Crippen LogP contribution in [0.3, 0.4) is 0 Å². The fourth-order valence-electron chi connectivity index (χ4n) is 3.80. The standard InChI is InChI=1S/C22H37N3O4/c1-16-8-10-19(11-9-16)25-14-18(24-15-25)13-17(20(26)28-5)7-6-12-23-21(27)29-22(2,3)4/h14-17,19H,6-13H2,1-5H3,(H,23,27)/t16-,17?,19-. The van der Waals surface area contributed by atoms with Crippen LogP contribution >= 0.6 is 0 Å². The highest BCUT2D eigenvalue weighted by Gasteiger charge is 2.23. The molecule has 1 atom stereocenters. The third-order valence-corrected chi connectivity index (χ3v) is 5.45. The highest BCUT2D eigenvalue weighted by Crippen LogP contribution is 2.32. The van der Waals surface area contributed by atoms with Crippen LogP contribution in [-0.2, 0) is 20.7 Å². The molecule has 1 heterocycles. The van der Waals surface area contributed by atoms with Crippen LogP contribution in [0.25, 0.3) is 0 Å². The maximum Gasteiger partial charge on any atom is 0.407 e. The SMILES string of the molecule is COC(=O)C(CCCNC(=O)OC(C)(C)C)Cc1cn([C@H]2CC[C@H](C)CC2)cn1. The molecule has 0 aliphatic heterocycles. The summed E-state index contributed by atoms with van der Waals surface area (Å²) in [6.45, 7) is 8.25. The molecule has 1 aromatic heterocycles. The summed E-state index contributed by atoms with van der Waals surface area (Å²) in [4.78, 5) is 28.5. The van der Waals surface area contributed by atoms with Gasteiger partial charge in [-0.15, -0.1) is 0 Å². The van der Waals surface area contributed by atoms with E-state index in [4.69, 9.17) is 9.47 Å². The minimum absolute atomic E-state index is 0.233. The lowest BCUT2D eigenvalue weighted by Crippen LogP contribution is -2.33. The summed E-state index contributed by atoms with van der Waals surface area (Å²) in [5.74, 6) is 0.311. The number of hydrogen-bond acceptors (Lipinski definition) is 5. The predicted molar refractivity (Wildman–Crippen MR) is 112 cm³/mol. The molecule has 1 aromatic rings. The van der Waals surface area contributed by atoms with Gasteiger partial charge in [0, 0.05) is 25.2 Å². The first-order valence-corrected chi connectivity index (χ1v) is 10.7. The minimum Gasteiger partial charge on any atom is -0.469 e. The average molecular weight is 408 g/mol. The first-order valence-electron chi connectivity index (χ1n) is 10.7. The van der Waals surface area contributed by atoms with Crippen molar-refractivity contribution in [2.75, 3.05) is 13.7 Å². The van der Waals surface area contributed by atoms with Gasteiger partial charge < -0.3 is 19.4 Å². The van der Waals surface area contributed by atoms with Crippen molar-refractivity contribution in [2.24, 2.45) is 11.8 Å². The Morgan fingerprint density at radius 2 is 1.97 bits per heavy atom. The van der Waals surface area contributed by atoms with Crippen LogP contribution in [-0.4, -0.2) is 40.9 Å². The number of ether oxygens (including phenoxy) is 2. The van der Waals surface area contributed by atoms with E-state index in [1.54, 1.807) is 0 Å². The van der Waals surface area contributed by atoms with E-state index < -0.39 is 11.7 Å². The maximum absolute atomic E-state index is 12.2. The molecule has 1 unspecified atom stereocenters. The third-order valence-electron chi connectivity index (χ3n) is 5.45. The van der Waals surface area contributed by atoms with Crippen LogP contribution in [0.15, 0.2) is 12.5 Å². The molecule has 2 rings (SSSR count). The van der Waals surface area contributed by atoms with Gasteiger partial charge in [-0.1, -0.05) is 6.92 Å². The van der Waals surface area contributed by atoms with E-state index >= 15 is 0 Å². The van der Waals surface area contributed by atoms with E-state index in [-0.39, 0.29) is 11.9 Å². The van der Waals surface area contributed by atoms with E-state index in [2.05, 4.69) is 28.0 Å². The second-order valence-electron chi connectivity index (χ2n) is 9.22. The number of aromatic nitrogens is 2. The first-order chi connectivity index (χ1) is 13.7. The Balaban J connectivity index is 1.83. The van der Waals surface area contributed by atoms with Crippen LogP contribution in [0.5, 0.6) is 0 Å². The monoisotopic (exact) mass is 407 g/mol. The molecule has 29 heavy (non-hydrogen) atoms. The summed E-state index contributed by atoms with van der Waals surface area (Å²) in [5, 5.41) is 2.73. The molecular weight excluding hydrogens is 370 g/mol. The molecule has 164 valence electrons. The lowest BCUT2D eigenvalue weighted by Gasteiger charge is -2.26. The summed E-state index contributed by atoms with van der Waals surface area (Å²) in [5.41, 5.74) is 0.396. The van der Waals surface area contributed by atoms with Gasteiger partial charge in [0.25, 0.3) is 0 Å². The van der Waals surface area contributed by atoms with Gasteiger partial charge in [0.1, 0.15) is 5.60 Å². The molecule has 7 nitrogen and oxygen atoms in total. The molecule has 1 N–H and O–H groups in total. The van der Waals surface area contributed by atoms with E-state index in [1.807, 2.05) is 27.1 Å². The molecule has 0 radical (unpaired) electrons. The van der Waals surface area contributed by atoms with Crippen molar-refractivity contribution in [1.29, 1.82) is 0 Å². The van der Waals surface area contributed by atoms with Gasteiger partial charge in [-0.2, -0.15) is 0 Å². The van der Waals surface area contributed by atoms with Crippen LogP contribution < -0.4 is 5.32 Å². The van der Waals surface area contributed by atoms with Crippen LogP contribution in [0.1, 0.15) is 78.0 Å². The number of carbonyl (C=O) groups is 2. The number of imidazole rings is 1. The van der Waals surface area contributed by atoms with Gasteiger partial charge in [0.05, 0.1) is 25.0 Å². The summed E-state index contributed by atoms with van der Waals surface area (Å²) in [7, 11) is 1.41. The molecule has 0 spiro atoms. The average Bonchev–Trinajstić information content (AvgIpc) is 3.11. The number of nitrogens with one attached hydrogen (secondary N) is 1. The van der Waals surface area contributed by atoms with Gasteiger partial charge in [-0.25, -0.2) is 9.78 Å². The van der Waals surface area contributed by atoms with Crippen LogP contribution in [0, 0.1) is 11.8 Å². The molecule has 1 aliphatic carbocycles. The minimum atomic E-state index is -0.520.